The van der Waals surface area contributed by atoms with Gasteiger partial charge in [-0.25, -0.2) is 13.4 Å². The zero-order valence-electron chi connectivity index (χ0n) is 11.6. The first kappa shape index (κ1) is 17.2. The molecule has 0 aliphatic heterocycles. The van der Waals surface area contributed by atoms with Crippen molar-refractivity contribution in [3.05, 3.63) is 34.7 Å². The van der Waals surface area contributed by atoms with Crippen LogP contribution in [0.3, 0.4) is 0 Å². The Kier molecular flexibility index (Phi) is 4.61. The number of hydrogen-bond acceptors (Lipinski definition) is 7. The van der Waals surface area contributed by atoms with Crippen LogP contribution in [0.4, 0.5) is 24.1 Å². The van der Waals surface area contributed by atoms with Crippen LogP contribution in [0.5, 0.6) is 0 Å². The van der Waals surface area contributed by atoms with Crippen LogP contribution < -0.4 is 11.2 Å². The molecule has 1 aromatic carbocycles. The SMILES string of the molecule is CS(=O)(=O)c1ccc(C(F)(F)F)cc1C=NNc1nc(N)cs1. The lowest BCUT2D eigenvalue weighted by atomic mass is 10.1. The van der Waals surface area contributed by atoms with Gasteiger partial charge in [-0.15, -0.1) is 11.3 Å². The van der Waals surface area contributed by atoms with Crippen LogP contribution in [0.2, 0.25) is 0 Å². The summed E-state index contributed by atoms with van der Waals surface area (Å²) in [6.07, 6.45) is -2.69. The van der Waals surface area contributed by atoms with Crippen LogP contribution >= 0.6 is 11.3 Å². The molecule has 1 aromatic heterocycles. The highest BCUT2D eigenvalue weighted by Gasteiger charge is 2.31. The second-order valence-corrected chi connectivity index (χ2v) is 7.31. The van der Waals surface area contributed by atoms with E-state index in [-0.39, 0.29) is 16.3 Å². The number of hydrogen-bond donors (Lipinski definition) is 2. The van der Waals surface area contributed by atoms with E-state index < -0.39 is 21.6 Å². The summed E-state index contributed by atoms with van der Waals surface area (Å²) in [4.78, 5) is 3.59. The zero-order chi connectivity index (χ0) is 17.3. The Balaban J connectivity index is 2.37. The Morgan fingerprint density at radius 1 is 1.39 bits per heavy atom. The van der Waals surface area contributed by atoms with Crippen molar-refractivity contribution in [2.75, 3.05) is 17.4 Å². The van der Waals surface area contributed by atoms with Gasteiger partial charge in [0.25, 0.3) is 0 Å². The average Bonchev–Trinajstić information content (AvgIpc) is 2.82. The number of halogens is 3. The van der Waals surface area contributed by atoms with Crippen molar-refractivity contribution < 1.29 is 21.6 Å². The normalized spacial score (nSPS) is 12.7. The predicted molar refractivity (Wildman–Crippen MR) is 82.3 cm³/mol. The third-order valence-electron chi connectivity index (χ3n) is 2.62. The lowest BCUT2D eigenvalue weighted by molar-refractivity contribution is -0.137. The summed E-state index contributed by atoms with van der Waals surface area (Å²) in [6, 6.07) is 2.33. The van der Waals surface area contributed by atoms with Gasteiger partial charge in [-0.3, -0.25) is 5.43 Å². The molecule has 0 spiro atoms. The van der Waals surface area contributed by atoms with E-state index in [0.29, 0.717) is 11.2 Å². The average molecular weight is 364 g/mol. The molecule has 0 atom stereocenters. The molecular weight excluding hydrogens is 353 g/mol. The quantitative estimate of drug-likeness (QED) is 0.642. The largest absolute Gasteiger partial charge is 0.416 e. The minimum absolute atomic E-state index is 0.181. The molecule has 2 rings (SSSR count). The molecule has 0 aliphatic carbocycles. The van der Waals surface area contributed by atoms with Gasteiger partial charge in [0.05, 0.1) is 16.7 Å². The molecule has 124 valence electrons. The van der Waals surface area contributed by atoms with Crippen molar-refractivity contribution in [2.45, 2.75) is 11.1 Å². The van der Waals surface area contributed by atoms with Crippen molar-refractivity contribution in [3.63, 3.8) is 0 Å². The smallest absolute Gasteiger partial charge is 0.383 e. The highest BCUT2D eigenvalue weighted by molar-refractivity contribution is 7.90. The summed E-state index contributed by atoms with van der Waals surface area (Å²) >= 11 is 1.14. The summed E-state index contributed by atoms with van der Waals surface area (Å²) in [6.45, 7) is 0. The van der Waals surface area contributed by atoms with Gasteiger partial charge in [-0.1, -0.05) is 0 Å². The number of nitrogens with two attached hydrogens (primary N) is 1. The molecule has 0 saturated heterocycles. The van der Waals surface area contributed by atoms with Gasteiger partial charge in [0, 0.05) is 17.2 Å². The second kappa shape index (κ2) is 6.16. The number of thiazole rings is 1. The maximum atomic E-state index is 12.8. The van der Waals surface area contributed by atoms with E-state index in [4.69, 9.17) is 5.73 Å². The number of benzene rings is 1. The van der Waals surface area contributed by atoms with Crippen molar-refractivity contribution >= 4 is 38.3 Å². The zero-order valence-corrected chi connectivity index (χ0v) is 13.3. The van der Waals surface area contributed by atoms with Crippen LogP contribution in [0.1, 0.15) is 11.1 Å². The minimum Gasteiger partial charge on any atom is -0.383 e. The highest BCUT2D eigenvalue weighted by Crippen LogP contribution is 2.31. The Hall–Kier alpha value is -2.14. The molecule has 0 bridgehead atoms. The Morgan fingerprint density at radius 3 is 2.61 bits per heavy atom. The number of rotatable bonds is 4. The standard InChI is InChI=1S/C12H11F3N4O2S2/c1-23(20,21)9-3-2-8(12(13,14)15)4-7(9)5-17-19-11-18-10(16)6-22-11/h2-6H,16H2,1H3,(H,18,19). The summed E-state index contributed by atoms with van der Waals surface area (Å²) in [5.41, 5.74) is 6.74. The van der Waals surface area contributed by atoms with Gasteiger partial charge in [0.2, 0.25) is 5.13 Å². The Bertz CT molecular complexity index is 844. The number of nitrogens with zero attached hydrogens (tertiary/aromatic N) is 2. The summed E-state index contributed by atoms with van der Waals surface area (Å²) in [5.74, 6) is 0.267. The number of sulfone groups is 1. The fraction of sp³-hybridized carbons (Fsp3) is 0.167. The molecule has 3 N–H and O–H groups in total. The molecule has 0 amide bonds. The molecule has 0 fully saturated rings. The van der Waals surface area contributed by atoms with Gasteiger partial charge in [-0.2, -0.15) is 18.3 Å². The number of nitrogen functional groups attached to an aromatic ring is 1. The van der Waals surface area contributed by atoms with Crippen LogP contribution in [0.25, 0.3) is 0 Å². The molecule has 23 heavy (non-hydrogen) atoms. The monoisotopic (exact) mass is 364 g/mol. The number of nitrogens with one attached hydrogen (secondary N) is 1. The fourth-order valence-corrected chi connectivity index (χ4v) is 3.06. The maximum Gasteiger partial charge on any atom is 0.416 e. The van der Waals surface area contributed by atoms with E-state index >= 15 is 0 Å². The topological polar surface area (TPSA) is 97.4 Å². The van der Waals surface area contributed by atoms with Crippen LogP contribution in [0.15, 0.2) is 33.6 Å². The first-order chi connectivity index (χ1) is 10.6. The van der Waals surface area contributed by atoms with E-state index in [1.165, 1.54) is 0 Å². The summed E-state index contributed by atoms with van der Waals surface area (Å²) in [7, 11) is -3.71. The van der Waals surface area contributed by atoms with E-state index in [2.05, 4.69) is 15.5 Å². The van der Waals surface area contributed by atoms with Crippen molar-refractivity contribution in [2.24, 2.45) is 5.10 Å². The molecular formula is C12H11F3N4O2S2. The first-order valence-electron chi connectivity index (χ1n) is 5.99. The Morgan fingerprint density at radius 2 is 2.09 bits per heavy atom. The van der Waals surface area contributed by atoms with Crippen LogP contribution in [-0.2, 0) is 16.0 Å². The highest BCUT2D eigenvalue weighted by atomic mass is 32.2. The molecule has 0 unspecified atom stereocenters. The van der Waals surface area contributed by atoms with Crippen molar-refractivity contribution in [1.29, 1.82) is 0 Å². The van der Waals surface area contributed by atoms with E-state index in [0.717, 1.165) is 35.9 Å². The molecule has 6 nitrogen and oxygen atoms in total. The predicted octanol–water partition coefficient (Wildman–Crippen LogP) is 2.59. The van der Waals surface area contributed by atoms with Crippen molar-refractivity contribution in [1.82, 2.24) is 4.98 Å². The molecule has 0 aliphatic rings. The van der Waals surface area contributed by atoms with Gasteiger partial charge in [-0.05, 0) is 18.2 Å². The third kappa shape index (κ3) is 4.42. The maximum absolute atomic E-state index is 12.8. The molecule has 1 heterocycles. The van der Waals surface area contributed by atoms with E-state index in [1.807, 2.05) is 0 Å². The van der Waals surface area contributed by atoms with Gasteiger partial charge >= 0.3 is 6.18 Å². The van der Waals surface area contributed by atoms with Crippen LogP contribution in [0, 0.1) is 0 Å². The number of hydrazone groups is 1. The van der Waals surface area contributed by atoms with E-state index in [9.17, 15) is 21.6 Å². The minimum atomic E-state index is -4.59. The summed E-state index contributed by atoms with van der Waals surface area (Å²) in [5, 5.41) is 5.58. The fourth-order valence-electron chi connectivity index (χ4n) is 1.66. The lowest BCUT2D eigenvalue weighted by Crippen LogP contribution is -2.09. The Labute approximate surface area is 133 Å². The van der Waals surface area contributed by atoms with Crippen molar-refractivity contribution in [3.8, 4) is 0 Å². The lowest BCUT2D eigenvalue weighted by Gasteiger charge is -2.10. The number of aromatic nitrogens is 1. The van der Waals surface area contributed by atoms with Crippen LogP contribution in [-0.4, -0.2) is 25.9 Å². The van der Waals surface area contributed by atoms with Gasteiger partial charge in [0.15, 0.2) is 9.84 Å². The van der Waals surface area contributed by atoms with Gasteiger partial charge < -0.3 is 5.73 Å². The second-order valence-electron chi connectivity index (χ2n) is 4.47. The summed E-state index contributed by atoms with van der Waals surface area (Å²) < 4.78 is 61.6. The van der Waals surface area contributed by atoms with Gasteiger partial charge in [0.1, 0.15) is 5.82 Å². The number of alkyl halides is 3. The first-order valence-corrected chi connectivity index (χ1v) is 8.76. The molecule has 2 aromatic rings. The number of anilines is 2. The molecule has 0 saturated carbocycles. The third-order valence-corrected chi connectivity index (χ3v) is 4.56. The molecule has 0 radical (unpaired) electrons. The van der Waals surface area contributed by atoms with E-state index in [1.54, 1.807) is 5.38 Å². The molecule has 11 heteroatoms.